The van der Waals surface area contributed by atoms with Crippen molar-refractivity contribution in [3.05, 3.63) is 54.1 Å². The molecule has 0 radical (unpaired) electrons. The Morgan fingerprint density at radius 2 is 1.91 bits per heavy atom. The Morgan fingerprint density at radius 3 is 2.41 bits per heavy atom. The molecule has 22 heavy (non-hydrogen) atoms. The molecule has 7 heteroatoms. The van der Waals surface area contributed by atoms with Crippen LogP contribution < -0.4 is 11.1 Å². The Balaban J connectivity index is 0.00000220. The molecule has 0 spiro atoms. The summed E-state index contributed by atoms with van der Waals surface area (Å²) in [7, 11) is 0. The molecule has 2 aromatic rings. The summed E-state index contributed by atoms with van der Waals surface area (Å²) in [5.41, 5.74) is 7.20. The van der Waals surface area contributed by atoms with Crippen molar-refractivity contribution in [2.24, 2.45) is 5.73 Å². The van der Waals surface area contributed by atoms with E-state index in [2.05, 4.69) is 10.3 Å². The molecule has 1 aromatic carbocycles. The van der Waals surface area contributed by atoms with E-state index < -0.39 is 5.54 Å². The molecule has 0 saturated heterocycles. The number of carbonyl (C=O) groups is 1. The number of hydrogen-bond donors (Lipinski definition) is 2. The monoisotopic (exact) mass is 344 g/mol. The van der Waals surface area contributed by atoms with E-state index in [-0.39, 0.29) is 30.7 Å². The second-order valence-corrected chi connectivity index (χ2v) is 5.60. The lowest BCUT2D eigenvalue weighted by Gasteiger charge is -2.18. The Morgan fingerprint density at radius 1 is 1.27 bits per heavy atom. The van der Waals surface area contributed by atoms with Crippen LogP contribution in [0.3, 0.4) is 0 Å². The van der Waals surface area contributed by atoms with Crippen molar-refractivity contribution < 1.29 is 4.79 Å². The molecule has 1 amide bonds. The number of nitrogens with one attached hydrogen (secondary N) is 1. The van der Waals surface area contributed by atoms with Crippen LogP contribution in [0.25, 0.3) is 0 Å². The van der Waals surface area contributed by atoms with Gasteiger partial charge in [0, 0.05) is 36.6 Å². The highest BCUT2D eigenvalue weighted by atomic mass is 35.5. The highest BCUT2D eigenvalue weighted by Crippen LogP contribution is 2.07. The molecular formula is C15H22Cl2N4O. The number of benzene rings is 1. The third kappa shape index (κ3) is 6.47. The zero-order valence-electron chi connectivity index (χ0n) is 12.7. The molecule has 0 unspecified atom stereocenters. The first kappa shape index (κ1) is 20.4. The normalized spacial score (nSPS) is 10.3. The molecule has 3 N–H and O–H groups in total. The summed E-state index contributed by atoms with van der Waals surface area (Å²) >= 11 is 0. The van der Waals surface area contributed by atoms with Gasteiger partial charge in [0.25, 0.3) is 5.91 Å². The number of nitrogens with zero attached hydrogens (tertiary/aromatic N) is 2. The quantitative estimate of drug-likeness (QED) is 0.873. The molecule has 0 aliphatic rings. The first-order valence-corrected chi connectivity index (χ1v) is 6.56. The standard InChI is InChI=1S/C15H20N4O.2ClH/c1-15(2,16)10-18-14(20)13-5-3-12(4-6-13)9-19-8-7-17-11-19;;/h3-8,11H,9-10,16H2,1-2H3,(H,18,20);2*1H. The van der Waals surface area contributed by atoms with Crippen LogP contribution in [0.15, 0.2) is 43.0 Å². The lowest BCUT2D eigenvalue weighted by molar-refractivity contribution is 0.0946. The van der Waals surface area contributed by atoms with E-state index in [9.17, 15) is 4.79 Å². The molecule has 5 nitrogen and oxygen atoms in total. The van der Waals surface area contributed by atoms with Crippen LogP contribution in [-0.4, -0.2) is 27.5 Å². The van der Waals surface area contributed by atoms with Crippen molar-refractivity contribution in [3.63, 3.8) is 0 Å². The maximum absolute atomic E-state index is 11.9. The molecule has 0 aliphatic carbocycles. The van der Waals surface area contributed by atoms with E-state index in [0.717, 1.165) is 12.1 Å². The van der Waals surface area contributed by atoms with Gasteiger partial charge in [-0.25, -0.2) is 4.98 Å². The van der Waals surface area contributed by atoms with Crippen molar-refractivity contribution in [1.29, 1.82) is 0 Å². The lowest BCUT2D eigenvalue weighted by atomic mass is 10.1. The van der Waals surface area contributed by atoms with E-state index in [1.54, 1.807) is 12.5 Å². The van der Waals surface area contributed by atoms with Gasteiger partial charge >= 0.3 is 0 Å². The number of nitrogens with two attached hydrogens (primary N) is 1. The summed E-state index contributed by atoms with van der Waals surface area (Å²) in [5, 5.41) is 2.82. The Hall–Kier alpha value is -1.56. The molecule has 1 heterocycles. The SMILES string of the molecule is CC(C)(N)CNC(=O)c1ccc(Cn2ccnc2)cc1.Cl.Cl. The Labute approximate surface area is 143 Å². The van der Waals surface area contributed by atoms with Crippen molar-refractivity contribution in [2.75, 3.05) is 6.54 Å². The van der Waals surface area contributed by atoms with E-state index in [1.165, 1.54) is 0 Å². The van der Waals surface area contributed by atoms with Gasteiger partial charge in [-0.3, -0.25) is 4.79 Å². The number of imidazole rings is 1. The smallest absolute Gasteiger partial charge is 0.251 e. The van der Waals surface area contributed by atoms with Crippen molar-refractivity contribution >= 4 is 30.7 Å². The molecule has 2 rings (SSSR count). The number of rotatable bonds is 5. The first-order valence-electron chi connectivity index (χ1n) is 6.56. The van der Waals surface area contributed by atoms with Crippen LogP contribution in [0.2, 0.25) is 0 Å². The third-order valence-corrected chi connectivity index (χ3v) is 2.85. The summed E-state index contributed by atoms with van der Waals surface area (Å²) in [6.45, 7) is 4.95. The zero-order chi connectivity index (χ0) is 14.6. The first-order chi connectivity index (χ1) is 9.44. The molecule has 122 valence electrons. The van der Waals surface area contributed by atoms with Gasteiger partial charge in [0.2, 0.25) is 0 Å². The maximum atomic E-state index is 11.9. The van der Waals surface area contributed by atoms with Crippen LogP contribution >= 0.6 is 24.8 Å². The van der Waals surface area contributed by atoms with Gasteiger partial charge in [0.05, 0.1) is 6.33 Å². The fourth-order valence-electron chi connectivity index (χ4n) is 1.76. The highest BCUT2D eigenvalue weighted by molar-refractivity contribution is 5.94. The molecule has 0 saturated carbocycles. The summed E-state index contributed by atoms with van der Waals surface area (Å²) in [6.07, 6.45) is 5.42. The van der Waals surface area contributed by atoms with E-state index in [4.69, 9.17) is 5.73 Å². The fourth-order valence-corrected chi connectivity index (χ4v) is 1.76. The second-order valence-electron chi connectivity index (χ2n) is 5.60. The summed E-state index contributed by atoms with van der Waals surface area (Å²) in [5.74, 6) is -0.0993. The average molecular weight is 345 g/mol. The van der Waals surface area contributed by atoms with Crippen molar-refractivity contribution in [2.45, 2.75) is 25.9 Å². The number of halogens is 2. The Bertz CT molecular complexity index is 562. The van der Waals surface area contributed by atoms with E-state index >= 15 is 0 Å². The molecule has 0 bridgehead atoms. The second kappa shape index (κ2) is 8.78. The number of hydrogen-bond acceptors (Lipinski definition) is 3. The minimum Gasteiger partial charge on any atom is -0.350 e. The highest BCUT2D eigenvalue weighted by Gasteiger charge is 2.13. The number of amides is 1. The van der Waals surface area contributed by atoms with Gasteiger partial charge in [-0.05, 0) is 31.5 Å². The molecule has 0 aliphatic heterocycles. The zero-order valence-corrected chi connectivity index (χ0v) is 14.3. The molecule has 0 atom stereocenters. The largest absolute Gasteiger partial charge is 0.350 e. The Kier molecular flexibility index (Phi) is 8.16. The van der Waals surface area contributed by atoms with Gasteiger partial charge in [0.1, 0.15) is 0 Å². The van der Waals surface area contributed by atoms with Gasteiger partial charge in [-0.1, -0.05) is 12.1 Å². The predicted molar refractivity (Wildman–Crippen MR) is 92.9 cm³/mol. The van der Waals surface area contributed by atoms with Crippen LogP contribution in [0.4, 0.5) is 0 Å². The predicted octanol–water partition coefficient (Wildman–Crippen LogP) is 2.24. The topological polar surface area (TPSA) is 72.9 Å². The van der Waals surface area contributed by atoms with Gasteiger partial charge < -0.3 is 15.6 Å². The third-order valence-electron chi connectivity index (χ3n) is 2.85. The summed E-state index contributed by atoms with van der Waals surface area (Å²) in [6, 6.07) is 7.54. The maximum Gasteiger partial charge on any atom is 0.251 e. The minimum absolute atomic E-state index is 0. The van der Waals surface area contributed by atoms with Crippen LogP contribution in [-0.2, 0) is 6.54 Å². The van der Waals surface area contributed by atoms with Crippen LogP contribution in [0.5, 0.6) is 0 Å². The van der Waals surface area contributed by atoms with Crippen LogP contribution in [0.1, 0.15) is 29.8 Å². The lowest BCUT2D eigenvalue weighted by Crippen LogP contribution is -2.45. The molecule has 0 fully saturated rings. The molecular weight excluding hydrogens is 323 g/mol. The molecule has 1 aromatic heterocycles. The summed E-state index contributed by atoms with van der Waals surface area (Å²) in [4.78, 5) is 15.9. The minimum atomic E-state index is -0.406. The average Bonchev–Trinajstić information content (AvgIpc) is 2.89. The van der Waals surface area contributed by atoms with E-state index in [0.29, 0.717) is 12.1 Å². The van der Waals surface area contributed by atoms with Crippen molar-refractivity contribution in [3.8, 4) is 0 Å². The summed E-state index contributed by atoms with van der Waals surface area (Å²) < 4.78 is 1.98. The van der Waals surface area contributed by atoms with Gasteiger partial charge in [-0.15, -0.1) is 24.8 Å². The van der Waals surface area contributed by atoms with Crippen molar-refractivity contribution in [1.82, 2.24) is 14.9 Å². The van der Waals surface area contributed by atoms with Gasteiger partial charge in [-0.2, -0.15) is 0 Å². The number of carbonyl (C=O) groups excluding carboxylic acids is 1. The number of aromatic nitrogens is 2. The fraction of sp³-hybridized carbons (Fsp3) is 0.333. The van der Waals surface area contributed by atoms with Crippen LogP contribution in [0, 0.1) is 0 Å². The van der Waals surface area contributed by atoms with E-state index in [1.807, 2.05) is 48.9 Å². The van der Waals surface area contributed by atoms with Gasteiger partial charge in [0.15, 0.2) is 0 Å².